The number of hydrogen-bond acceptors (Lipinski definition) is 6. The van der Waals surface area contributed by atoms with Crippen LogP contribution < -0.4 is 10.1 Å². The molecule has 2 aliphatic rings. The smallest absolute Gasteiger partial charge is 0.220 e. The van der Waals surface area contributed by atoms with Crippen molar-refractivity contribution in [3.05, 3.63) is 24.1 Å². The molecule has 2 aliphatic heterocycles. The topological polar surface area (TPSA) is 85.2 Å². The largest absolute Gasteiger partial charge is 0.470 e. The number of nitrogens with one attached hydrogen (secondary N) is 1. The summed E-state index contributed by atoms with van der Waals surface area (Å²) in [5.74, 6) is 2.30. The number of carbonyl (C=O) groups is 1. The molecule has 0 spiro atoms. The number of ether oxygens (including phenoxy) is 2. The van der Waals surface area contributed by atoms with Crippen LogP contribution in [-0.4, -0.2) is 41.9 Å². The van der Waals surface area contributed by atoms with Gasteiger partial charge in [-0.05, 0) is 6.07 Å². The van der Waals surface area contributed by atoms with Crippen LogP contribution in [0.1, 0.15) is 25.7 Å². The monoisotopic (exact) mass is 346 g/mol. The molecule has 3 heterocycles. The summed E-state index contributed by atoms with van der Waals surface area (Å²) in [5.41, 5.74) is -0.468. The minimum absolute atomic E-state index is 0.117. The Morgan fingerprint density at radius 1 is 1.44 bits per heavy atom. The van der Waals surface area contributed by atoms with Crippen LogP contribution in [0.3, 0.4) is 0 Å². The summed E-state index contributed by atoms with van der Waals surface area (Å²) in [4.78, 5) is 16.0. The summed E-state index contributed by atoms with van der Waals surface area (Å²) < 4.78 is 23.9. The predicted octanol–water partition coefficient (Wildman–Crippen LogP) is 1.84. The van der Waals surface area contributed by atoms with Gasteiger partial charge in [0.1, 0.15) is 11.9 Å². The van der Waals surface area contributed by atoms with E-state index >= 15 is 0 Å². The first-order valence-electron chi connectivity index (χ1n) is 8.13. The molecule has 3 rings (SSSR count). The Morgan fingerprint density at radius 3 is 2.96 bits per heavy atom. The molecule has 1 aromatic heterocycles. The first-order valence-corrected chi connectivity index (χ1v) is 8.13. The van der Waals surface area contributed by atoms with E-state index in [4.69, 9.17) is 15.9 Å². The molecule has 1 aromatic rings. The Labute approximate surface area is 145 Å². The average molecular weight is 346 g/mol. The summed E-state index contributed by atoms with van der Waals surface area (Å²) >= 11 is 0. The molecule has 1 saturated heterocycles. The molecule has 1 N–H and O–H groups in total. The van der Waals surface area contributed by atoms with Gasteiger partial charge in [-0.1, -0.05) is 0 Å². The second-order valence-electron chi connectivity index (χ2n) is 6.07. The van der Waals surface area contributed by atoms with Gasteiger partial charge in [-0.15, -0.1) is 12.3 Å². The molecule has 2 unspecified atom stereocenters. The molecule has 0 bridgehead atoms. The molecular formula is C17H19FN4O3. The number of terminal acetylenes is 1. The van der Waals surface area contributed by atoms with Crippen LogP contribution in [0.4, 0.5) is 4.39 Å². The molecule has 8 heteroatoms. The average Bonchev–Trinajstić information content (AvgIpc) is 3.27. The van der Waals surface area contributed by atoms with E-state index in [0.29, 0.717) is 44.8 Å². The maximum Gasteiger partial charge on any atom is 0.220 e. The third-order valence-electron chi connectivity index (χ3n) is 4.15. The minimum Gasteiger partial charge on any atom is -0.470 e. The molecule has 1 fully saturated rings. The molecule has 0 radical (unpaired) electrons. The van der Waals surface area contributed by atoms with E-state index in [1.54, 1.807) is 0 Å². The molecular weight excluding hydrogens is 327 g/mol. The molecule has 2 atom stereocenters. The second-order valence-corrected chi connectivity index (χ2v) is 6.07. The van der Waals surface area contributed by atoms with E-state index < -0.39 is 11.5 Å². The van der Waals surface area contributed by atoms with Crippen LogP contribution in [0.2, 0.25) is 0 Å². The predicted molar refractivity (Wildman–Crippen MR) is 86.2 cm³/mol. The first kappa shape index (κ1) is 17.3. The molecule has 0 saturated carbocycles. The van der Waals surface area contributed by atoms with Gasteiger partial charge in [-0.25, -0.2) is 9.37 Å². The van der Waals surface area contributed by atoms with Gasteiger partial charge in [0.2, 0.25) is 11.8 Å². The standard InChI is InChI=1S/C17H19FN4O3/c1-2-3-7-17(21-22-17)8-6-15(23)20-13-10-24-11-14(13)25-16-5-4-12(18)9-19-16/h1,4-5,9,13-14H,3,6-8,10-11H2,(H,20,23). The molecule has 0 aliphatic carbocycles. The number of rotatable bonds is 8. The fourth-order valence-corrected chi connectivity index (χ4v) is 2.63. The Kier molecular flexibility index (Phi) is 5.24. The van der Waals surface area contributed by atoms with E-state index in [1.165, 1.54) is 12.1 Å². The van der Waals surface area contributed by atoms with Crippen molar-refractivity contribution in [2.75, 3.05) is 13.2 Å². The highest BCUT2D eigenvalue weighted by Gasteiger charge is 2.40. The Morgan fingerprint density at radius 2 is 2.28 bits per heavy atom. The first-order chi connectivity index (χ1) is 12.1. The summed E-state index contributed by atoms with van der Waals surface area (Å²) in [6, 6.07) is 2.43. The van der Waals surface area contributed by atoms with Gasteiger partial charge in [0.05, 0.1) is 25.5 Å². The summed E-state index contributed by atoms with van der Waals surface area (Å²) in [7, 11) is 0. The van der Waals surface area contributed by atoms with Crippen molar-refractivity contribution in [2.45, 2.75) is 43.5 Å². The van der Waals surface area contributed by atoms with E-state index in [-0.39, 0.29) is 18.1 Å². The highest BCUT2D eigenvalue weighted by molar-refractivity contribution is 5.76. The van der Waals surface area contributed by atoms with Gasteiger partial charge in [-0.2, -0.15) is 10.2 Å². The van der Waals surface area contributed by atoms with Crippen LogP contribution in [0, 0.1) is 18.2 Å². The van der Waals surface area contributed by atoms with Crippen LogP contribution in [0.5, 0.6) is 5.88 Å². The fourth-order valence-electron chi connectivity index (χ4n) is 2.63. The van der Waals surface area contributed by atoms with Crippen molar-refractivity contribution in [2.24, 2.45) is 10.2 Å². The number of aromatic nitrogens is 1. The van der Waals surface area contributed by atoms with Gasteiger partial charge >= 0.3 is 0 Å². The zero-order chi connectivity index (χ0) is 17.7. The quantitative estimate of drug-likeness (QED) is 0.728. The Balaban J connectivity index is 1.45. The maximum atomic E-state index is 12.9. The highest BCUT2D eigenvalue weighted by atomic mass is 19.1. The van der Waals surface area contributed by atoms with Crippen molar-refractivity contribution in [1.82, 2.24) is 10.3 Å². The molecule has 25 heavy (non-hydrogen) atoms. The minimum atomic E-state index is -0.468. The number of amides is 1. The van der Waals surface area contributed by atoms with Gasteiger partial charge in [0.15, 0.2) is 5.66 Å². The van der Waals surface area contributed by atoms with Gasteiger partial charge in [0, 0.05) is 31.7 Å². The second kappa shape index (κ2) is 7.57. The number of nitrogens with zero attached hydrogens (tertiary/aromatic N) is 3. The van der Waals surface area contributed by atoms with E-state index in [0.717, 1.165) is 6.20 Å². The third kappa shape index (κ3) is 4.73. The zero-order valence-electron chi connectivity index (χ0n) is 13.7. The van der Waals surface area contributed by atoms with Crippen molar-refractivity contribution in [1.29, 1.82) is 0 Å². The highest BCUT2D eigenvalue weighted by Crippen LogP contribution is 2.37. The van der Waals surface area contributed by atoms with E-state index in [2.05, 4.69) is 26.4 Å². The Bertz CT molecular complexity index is 680. The number of carbonyl (C=O) groups excluding carboxylic acids is 1. The number of pyridine rings is 1. The van der Waals surface area contributed by atoms with E-state index in [9.17, 15) is 9.18 Å². The summed E-state index contributed by atoms with van der Waals surface area (Å²) in [5, 5.41) is 10.9. The number of halogens is 1. The lowest BCUT2D eigenvalue weighted by atomic mass is 10.0. The van der Waals surface area contributed by atoms with E-state index in [1.807, 2.05) is 0 Å². The van der Waals surface area contributed by atoms with Gasteiger partial charge in [-0.3, -0.25) is 4.79 Å². The lowest BCUT2D eigenvalue weighted by Crippen LogP contribution is -2.45. The van der Waals surface area contributed by atoms with Crippen molar-refractivity contribution < 1.29 is 18.7 Å². The van der Waals surface area contributed by atoms with Crippen LogP contribution in [0.15, 0.2) is 28.6 Å². The van der Waals surface area contributed by atoms with Crippen molar-refractivity contribution in [3.8, 4) is 18.2 Å². The SMILES string of the molecule is C#CCCC1(CCC(=O)NC2COCC2Oc2ccc(F)cn2)N=N1. The molecule has 1 amide bonds. The molecule has 0 aromatic carbocycles. The van der Waals surface area contributed by atoms with Crippen LogP contribution in [0.25, 0.3) is 0 Å². The fraction of sp³-hybridized carbons (Fsp3) is 0.529. The van der Waals surface area contributed by atoms with Gasteiger partial charge < -0.3 is 14.8 Å². The molecule has 7 nitrogen and oxygen atoms in total. The Hall–Kier alpha value is -2.53. The lowest BCUT2D eigenvalue weighted by molar-refractivity contribution is -0.122. The van der Waals surface area contributed by atoms with Crippen LogP contribution >= 0.6 is 0 Å². The summed E-state index contributed by atoms with van der Waals surface area (Å²) in [6.45, 7) is 0.690. The summed E-state index contributed by atoms with van der Waals surface area (Å²) in [6.07, 6.45) is 8.06. The third-order valence-corrected chi connectivity index (χ3v) is 4.15. The van der Waals surface area contributed by atoms with Gasteiger partial charge in [0.25, 0.3) is 0 Å². The van der Waals surface area contributed by atoms with Crippen molar-refractivity contribution in [3.63, 3.8) is 0 Å². The molecule has 132 valence electrons. The zero-order valence-corrected chi connectivity index (χ0v) is 13.7. The normalized spacial score (nSPS) is 23.0. The number of hydrogen-bond donors (Lipinski definition) is 1. The van der Waals surface area contributed by atoms with Crippen LogP contribution in [-0.2, 0) is 9.53 Å². The lowest BCUT2D eigenvalue weighted by Gasteiger charge is -2.20. The maximum absolute atomic E-state index is 12.9. The van der Waals surface area contributed by atoms with Crippen molar-refractivity contribution >= 4 is 5.91 Å².